The van der Waals surface area contributed by atoms with Gasteiger partial charge in [-0.3, -0.25) is 4.79 Å². The van der Waals surface area contributed by atoms with Crippen molar-refractivity contribution < 1.29 is 19.5 Å². The van der Waals surface area contributed by atoms with Crippen molar-refractivity contribution in [1.29, 1.82) is 0 Å². The van der Waals surface area contributed by atoms with Gasteiger partial charge in [0.1, 0.15) is 6.04 Å². The Balaban J connectivity index is 3.73. The number of hydrogen-bond acceptors (Lipinski definition) is 3. The van der Waals surface area contributed by atoms with E-state index in [1.54, 1.807) is 0 Å². The molecule has 0 aliphatic carbocycles. The molecule has 122 valence electrons. The minimum Gasteiger partial charge on any atom is -0.480 e. The quantitative estimate of drug-likeness (QED) is 0.429. The number of carbonyl (C=O) groups excluding carboxylic acids is 2. The van der Waals surface area contributed by atoms with Crippen LogP contribution >= 0.6 is 0 Å². The summed E-state index contributed by atoms with van der Waals surface area (Å²) >= 11 is 0. The van der Waals surface area contributed by atoms with Crippen LogP contribution < -0.4 is 16.4 Å². The second-order valence-corrected chi connectivity index (χ2v) is 5.56. The number of aliphatic carboxylic acids is 1. The van der Waals surface area contributed by atoms with Gasteiger partial charge in [-0.2, -0.15) is 0 Å². The van der Waals surface area contributed by atoms with Crippen LogP contribution in [-0.2, 0) is 9.59 Å². The summed E-state index contributed by atoms with van der Waals surface area (Å²) in [6, 6.07) is -1.88. The minimum absolute atomic E-state index is 0.419. The van der Waals surface area contributed by atoms with Crippen molar-refractivity contribution in [3.8, 4) is 0 Å². The van der Waals surface area contributed by atoms with Gasteiger partial charge in [0.05, 0.1) is 6.42 Å². The lowest BCUT2D eigenvalue weighted by atomic mass is 10.0. The molecule has 0 unspecified atom stereocenters. The maximum atomic E-state index is 11.5. The number of carbonyl (C=O) groups is 3. The Kier molecular flexibility index (Phi) is 10.0. The van der Waals surface area contributed by atoms with Gasteiger partial charge in [0.2, 0.25) is 5.91 Å². The summed E-state index contributed by atoms with van der Waals surface area (Å²) in [5, 5.41) is 13.6. The van der Waals surface area contributed by atoms with Gasteiger partial charge < -0.3 is 21.5 Å². The lowest BCUT2D eigenvalue weighted by molar-refractivity contribution is -0.140. The van der Waals surface area contributed by atoms with E-state index >= 15 is 0 Å². The molecular formula is C14H27N3O4. The van der Waals surface area contributed by atoms with E-state index in [1.807, 2.05) is 0 Å². The van der Waals surface area contributed by atoms with Crippen molar-refractivity contribution in [3.05, 3.63) is 0 Å². The number of amides is 3. The molecule has 0 aromatic rings. The molecule has 1 atom stereocenters. The van der Waals surface area contributed by atoms with Gasteiger partial charge in [-0.05, 0) is 12.3 Å². The molecule has 0 aromatic heterocycles. The van der Waals surface area contributed by atoms with Crippen LogP contribution in [0, 0.1) is 5.92 Å². The van der Waals surface area contributed by atoms with Gasteiger partial charge in [0.25, 0.3) is 0 Å². The average molecular weight is 301 g/mol. The second kappa shape index (κ2) is 10.9. The van der Waals surface area contributed by atoms with Crippen LogP contribution in [-0.4, -0.2) is 35.6 Å². The number of nitrogens with two attached hydrogens (primary N) is 1. The number of unbranched alkanes of at least 4 members (excludes halogenated alkanes) is 3. The fourth-order valence-corrected chi connectivity index (χ4v) is 1.84. The number of nitrogens with one attached hydrogen (secondary N) is 2. The monoisotopic (exact) mass is 301 g/mol. The lowest BCUT2D eigenvalue weighted by Gasteiger charge is -2.13. The second-order valence-electron chi connectivity index (χ2n) is 5.56. The Bertz CT molecular complexity index is 345. The summed E-state index contributed by atoms with van der Waals surface area (Å²) in [4.78, 5) is 33.0. The molecule has 0 aliphatic rings. The molecule has 0 aliphatic heterocycles. The first-order chi connectivity index (χ1) is 9.82. The summed E-state index contributed by atoms with van der Waals surface area (Å²) in [6.45, 7) is 4.87. The van der Waals surface area contributed by atoms with E-state index in [0.717, 1.165) is 19.3 Å². The first-order valence-electron chi connectivity index (χ1n) is 7.38. The lowest BCUT2D eigenvalue weighted by Crippen LogP contribution is -2.47. The molecule has 3 amide bonds. The Morgan fingerprint density at radius 1 is 1.10 bits per heavy atom. The van der Waals surface area contributed by atoms with Gasteiger partial charge >= 0.3 is 12.0 Å². The largest absolute Gasteiger partial charge is 0.480 e. The molecule has 7 nitrogen and oxygen atoms in total. The molecule has 21 heavy (non-hydrogen) atoms. The third kappa shape index (κ3) is 11.7. The smallest absolute Gasteiger partial charge is 0.326 e. The molecule has 0 saturated heterocycles. The third-order valence-electron chi connectivity index (χ3n) is 3.00. The molecule has 0 radical (unpaired) electrons. The summed E-state index contributed by atoms with van der Waals surface area (Å²) < 4.78 is 0. The van der Waals surface area contributed by atoms with Gasteiger partial charge in [0.15, 0.2) is 0 Å². The molecule has 0 saturated carbocycles. The maximum Gasteiger partial charge on any atom is 0.326 e. The van der Waals surface area contributed by atoms with Crippen LogP contribution in [0.4, 0.5) is 4.79 Å². The molecule has 0 aromatic carbocycles. The normalized spacial score (nSPS) is 12.0. The van der Waals surface area contributed by atoms with Crippen LogP contribution in [0.15, 0.2) is 0 Å². The Morgan fingerprint density at radius 3 is 2.24 bits per heavy atom. The average Bonchev–Trinajstić information content (AvgIpc) is 2.35. The summed E-state index contributed by atoms with van der Waals surface area (Å²) in [5.74, 6) is -1.34. The van der Waals surface area contributed by atoms with Crippen molar-refractivity contribution in [1.82, 2.24) is 10.6 Å². The maximum absolute atomic E-state index is 11.5. The zero-order chi connectivity index (χ0) is 16.3. The number of primary amides is 1. The predicted octanol–water partition coefficient (Wildman–Crippen LogP) is 1.22. The molecule has 0 bridgehead atoms. The van der Waals surface area contributed by atoms with E-state index < -0.39 is 30.4 Å². The van der Waals surface area contributed by atoms with E-state index in [-0.39, 0.29) is 0 Å². The summed E-state index contributed by atoms with van der Waals surface area (Å²) in [7, 11) is 0. The zero-order valence-corrected chi connectivity index (χ0v) is 12.9. The molecule has 0 rings (SSSR count). The van der Waals surface area contributed by atoms with Gasteiger partial charge in [-0.15, -0.1) is 0 Å². The van der Waals surface area contributed by atoms with Crippen LogP contribution in [0.5, 0.6) is 0 Å². The Hall–Kier alpha value is -1.79. The molecule has 0 fully saturated rings. The molecular weight excluding hydrogens is 274 g/mol. The number of hydrogen-bond donors (Lipinski definition) is 4. The van der Waals surface area contributed by atoms with Gasteiger partial charge in [-0.25, -0.2) is 9.59 Å². The Labute approximate surface area is 125 Å². The first kappa shape index (κ1) is 19.2. The van der Waals surface area contributed by atoms with E-state index in [0.29, 0.717) is 12.5 Å². The van der Waals surface area contributed by atoms with E-state index in [2.05, 4.69) is 24.5 Å². The van der Waals surface area contributed by atoms with Crippen molar-refractivity contribution in [3.63, 3.8) is 0 Å². The van der Waals surface area contributed by atoms with Crippen LogP contribution in [0.3, 0.4) is 0 Å². The molecule has 5 N–H and O–H groups in total. The Morgan fingerprint density at radius 2 is 1.71 bits per heavy atom. The highest BCUT2D eigenvalue weighted by molar-refractivity contribution is 5.87. The van der Waals surface area contributed by atoms with Crippen molar-refractivity contribution in [2.24, 2.45) is 11.7 Å². The van der Waals surface area contributed by atoms with Crippen LogP contribution in [0.1, 0.15) is 52.4 Å². The fourth-order valence-electron chi connectivity index (χ4n) is 1.84. The topological polar surface area (TPSA) is 122 Å². The highest BCUT2D eigenvalue weighted by Gasteiger charge is 2.21. The SMILES string of the molecule is CC(C)CCCCCCNC(=O)N[C@@H](CC(N)=O)C(=O)O. The van der Waals surface area contributed by atoms with Gasteiger partial charge in [0, 0.05) is 6.54 Å². The van der Waals surface area contributed by atoms with Gasteiger partial charge in [-0.1, -0.05) is 39.5 Å². The van der Waals surface area contributed by atoms with E-state index in [1.165, 1.54) is 12.8 Å². The number of carboxylic acids is 1. The number of rotatable bonds is 11. The fraction of sp³-hybridized carbons (Fsp3) is 0.786. The zero-order valence-electron chi connectivity index (χ0n) is 12.9. The van der Waals surface area contributed by atoms with Crippen LogP contribution in [0.25, 0.3) is 0 Å². The molecule has 7 heteroatoms. The molecule has 0 heterocycles. The highest BCUT2D eigenvalue weighted by Crippen LogP contribution is 2.08. The van der Waals surface area contributed by atoms with E-state index in [4.69, 9.17) is 10.8 Å². The third-order valence-corrected chi connectivity index (χ3v) is 3.00. The minimum atomic E-state index is -1.28. The van der Waals surface area contributed by atoms with Crippen molar-refractivity contribution >= 4 is 17.9 Å². The highest BCUT2D eigenvalue weighted by atomic mass is 16.4. The van der Waals surface area contributed by atoms with Crippen LogP contribution in [0.2, 0.25) is 0 Å². The van der Waals surface area contributed by atoms with Crippen molar-refractivity contribution in [2.75, 3.05) is 6.54 Å². The number of urea groups is 1. The standard InChI is InChI=1S/C14H27N3O4/c1-10(2)7-5-3-4-6-8-16-14(21)17-11(13(19)20)9-12(15)18/h10-11H,3-9H2,1-2H3,(H2,15,18)(H,19,20)(H2,16,17,21)/t11-/m0/s1. The number of carboxylic acid groups (broad SMARTS) is 1. The van der Waals surface area contributed by atoms with E-state index in [9.17, 15) is 14.4 Å². The predicted molar refractivity (Wildman–Crippen MR) is 79.7 cm³/mol. The van der Waals surface area contributed by atoms with Crippen molar-refractivity contribution in [2.45, 2.75) is 58.4 Å². The first-order valence-corrected chi connectivity index (χ1v) is 7.38. The summed E-state index contributed by atoms with van der Waals surface area (Å²) in [5.41, 5.74) is 4.92. The summed E-state index contributed by atoms with van der Waals surface area (Å²) in [6.07, 6.45) is 4.97. The molecule has 0 spiro atoms.